The molecule has 2 N–H and O–H groups in total. The van der Waals surface area contributed by atoms with Crippen LogP contribution >= 0.6 is 0 Å². The number of carbonyl (C=O) groups is 1. The van der Waals surface area contributed by atoms with Crippen LogP contribution in [0.1, 0.15) is 23.0 Å². The molecule has 0 spiro atoms. The smallest absolute Gasteiger partial charge is 0.339 e. The number of carbonyl (C=O) groups excluding carboxylic acids is 1. The molecule has 0 amide bonds. The third-order valence-corrected chi connectivity index (χ3v) is 4.83. The number of benzene rings is 2. The van der Waals surface area contributed by atoms with E-state index >= 15 is 0 Å². The molecule has 0 radical (unpaired) electrons. The number of ether oxygens (including phenoxy) is 2. The summed E-state index contributed by atoms with van der Waals surface area (Å²) in [4.78, 5) is 12.4. The van der Waals surface area contributed by atoms with Gasteiger partial charge in [0.05, 0.1) is 30.3 Å². The minimum atomic E-state index is -0.318. The van der Waals surface area contributed by atoms with Gasteiger partial charge in [0, 0.05) is 33.6 Å². The molecule has 4 aromatic rings. The number of methoxy groups -OCH3 is 1. The lowest BCUT2D eigenvalue weighted by molar-refractivity contribution is 0.0525. The van der Waals surface area contributed by atoms with E-state index in [1.165, 1.54) is 0 Å². The van der Waals surface area contributed by atoms with E-state index in [0.29, 0.717) is 17.9 Å². The molecule has 0 atom stereocenters. The lowest BCUT2D eigenvalue weighted by Gasteiger charge is -2.13. The van der Waals surface area contributed by atoms with Crippen LogP contribution in [0.2, 0.25) is 0 Å². The van der Waals surface area contributed by atoms with Crippen LogP contribution < -0.4 is 10.5 Å². The highest BCUT2D eigenvalue weighted by molar-refractivity contribution is 6.18. The van der Waals surface area contributed by atoms with Gasteiger partial charge in [0.1, 0.15) is 5.75 Å². The number of hydrogen-bond donors (Lipinski definition) is 1. The number of pyridine rings is 1. The van der Waals surface area contributed by atoms with Gasteiger partial charge in [0.2, 0.25) is 0 Å². The van der Waals surface area contributed by atoms with Crippen molar-refractivity contribution < 1.29 is 14.3 Å². The summed E-state index contributed by atoms with van der Waals surface area (Å²) < 4.78 is 12.7. The number of aromatic nitrogens is 1. The second kappa shape index (κ2) is 5.95. The number of anilines is 1. The van der Waals surface area contributed by atoms with Gasteiger partial charge >= 0.3 is 5.97 Å². The van der Waals surface area contributed by atoms with E-state index in [4.69, 9.17) is 15.2 Å². The number of nitrogens with two attached hydrogens (primary N) is 1. The number of nitrogen functional groups attached to an aromatic ring is 1. The highest BCUT2D eigenvalue weighted by Gasteiger charge is 2.20. The van der Waals surface area contributed by atoms with Crippen LogP contribution in [-0.2, 0) is 4.74 Å². The molecule has 26 heavy (non-hydrogen) atoms. The summed E-state index contributed by atoms with van der Waals surface area (Å²) in [6.07, 6.45) is 0. The van der Waals surface area contributed by atoms with Crippen molar-refractivity contribution >= 4 is 38.8 Å². The molecule has 0 saturated carbocycles. The average molecular weight is 348 g/mol. The Bertz CT molecular complexity index is 1170. The molecule has 2 heterocycles. The van der Waals surface area contributed by atoms with Crippen LogP contribution in [0.3, 0.4) is 0 Å². The first kappa shape index (κ1) is 16.3. The van der Waals surface area contributed by atoms with Crippen LogP contribution in [-0.4, -0.2) is 24.1 Å². The number of rotatable bonds is 3. The van der Waals surface area contributed by atoms with Crippen LogP contribution in [0.4, 0.5) is 5.69 Å². The number of hydrogen-bond acceptors (Lipinski definition) is 4. The summed E-state index contributed by atoms with van der Waals surface area (Å²) in [5, 5.41) is 2.99. The summed E-state index contributed by atoms with van der Waals surface area (Å²) in [6.45, 7) is 4.07. The minimum absolute atomic E-state index is 0.318. The Labute approximate surface area is 150 Å². The zero-order chi connectivity index (χ0) is 18.4. The highest BCUT2D eigenvalue weighted by Crippen LogP contribution is 2.37. The van der Waals surface area contributed by atoms with Crippen molar-refractivity contribution in [2.75, 3.05) is 19.5 Å². The molecule has 0 aliphatic carbocycles. The fourth-order valence-electron chi connectivity index (χ4n) is 3.65. The van der Waals surface area contributed by atoms with Gasteiger partial charge < -0.3 is 19.6 Å². The van der Waals surface area contributed by atoms with Crippen LogP contribution in [0.15, 0.2) is 42.5 Å². The van der Waals surface area contributed by atoms with Crippen molar-refractivity contribution in [1.29, 1.82) is 0 Å². The fourth-order valence-corrected chi connectivity index (χ4v) is 3.65. The topological polar surface area (TPSA) is 66.0 Å². The summed E-state index contributed by atoms with van der Waals surface area (Å²) in [5.41, 5.74) is 10.3. The van der Waals surface area contributed by atoms with Gasteiger partial charge in [0.25, 0.3) is 0 Å². The molecule has 0 unspecified atom stereocenters. The summed E-state index contributed by atoms with van der Waals surface area (Å²) in [7, 11) is 1.64. The van der Waals surface area contributed by atoms with Crippen LogP contribution in [0, 0.1) is 6.92 Å². The van der Waals surface area contributed by atoms with Crippen molar-refractivity contribution in [2.24, 2.45) is 0 Å². The van der Waals surface area contributed by atoms with E-state index in [1.807, 2.05) is 49.4 Å². The van der Waals surface area contributed by atoms with E-state index in [-0.39, 0.29) is 5.97 Å². The van der Waals surface area contributed by atoms with Crippen LogP contribution in [0.25, 0.3) is 27.2 Å². The summed E-state index contributed by atoms with van der Waals surface area (Å²) >= 11 is 0. The zero-order valence-corrected chi connectivity index (χ0v) is 15.0. The van der Waals surface area contributed by atoms with Crippen molar-refractivity contribution in [1.82, 2.24) is 4.40 Å². The lowest BCUT2D eigenvalue weighted by atomic mass is 10.0. The molecule has 5 nitrogen and oxygen atoms in total. The van der Waals surface area contributed by atoms with Gasteiger partial charge in [-0.3, -0.25) is 0 Å². The molecule has 0 aliphatic heterocycles. The maximum absolute atomic E-state index is 12.4. The highest BCUT2D eigenvalue weighted by atomic mass is 16.5. The second-order valence-corrected chi connectivity index (χ2v) is 6.24. The van der Waals surface area contributed by atoms with Crippen molar-refractivity contribution in [3.8, 4) is 5.75 Å². The van der Waals surface area contributed by atoms with Crippen molar-refractivity contribution in [3.05, 3.63) is 53.7 Å². The molecule has 0 aliphatic rings. The Kier molecular flexibility index (Phi) is 3.72. The quantitative estimate of drug-likeness (QED) is 0.340. The zero-order valence-electron chi connectivity index (χ0n) is 15.0. The summed E-state index contributed by atoms with van der Waals surface area (Å²) in [5.74, 6) is 0.431. The Morgan fingerprint density at radius 1 is 1.12 bits per heavy atom. The SMILES string of the molecule is CCOC(=O)c1cc2c3cccc(N)c3c3ccc(OC)cc3n2c1C. The van der Waals surface area contributed by atoms with E-state index in [0.717, 1.165) is 38.6 Å². The standard InChI is InChI=1S/C21H20N2O3/c1-4-26-21(24)16-11-19-14-6-5-7-17(22)20(14)15-9-8-13(25-3)10-18(15)23(19)12(16)2/h5-11H,4,22H2,1-3H3. The summed E-state index contributed by atoms with van der Waals surface area (Å²) in [6, 6.07) is 13.6. The predicted octanol–water partition coefficient (Wildman–Crippen LogP) is 4.32. The Hall–Kier alpha value is -3.21. The molecule has 5 heteroatoms. The monoisotopic (exact) mass is 348 g/mol. The van der Waals surface area contributed by atoms with Gasteiger partial charge in [-0.2, -0.15) is 0 Å². The molecule has 4 rings (SSSR count). The normalized spacial score (nSPS) is 11.3. The molecule has 0 saturated heterocycles. The van der Waals surface area contributed by atoms with E-state index in [2.05, 4.69) is 4.40 Å². The number of fused-ring (bicyclic) bond motifs is 6. The second-order valence-electron chi connectivity index (χ2n) is 6.24. The number of nitrogens with zero attached hydrogens (tertiary/aromatic N) is 1. The predicted molar refractivity (Wildman–Crippen MR) is 104 cm³/mol. The molecule has 2 aromatic carbocycles. The minimum Gasteiger partial charge on any atom is -0.497 e. The molecule has 132 valence electrons. The molecule has 0 bridgehead atoms. The van der Waals surface area contributed by atoms with Gasteiger partial charge in [-0.05, 0) is 38.1 Å². The van der Waals surface area contributed by atoms with Gasteiger partial charge in [0.15, 0.2) is 0 Å². The molecule has 2 aromatic heterocycles. The third-order valence-electron chi connectivity index (χ3n) is 4.83. The van der Waals surface area contributed by atoms with E-state index in [9.17, 15) is 4.79 Å². The van der Waals surface area contributed by atoms with Gasteiger partial charge in [-0.15, -0.1) is 0 Å². The first-order chi connectivity index (χ1) is 12.6. The fraction of sp³-hybridized carbons (Fsp3) is 0.190. The Morgan fingerprint density at radius 2 is 1.85 bits per heavy atom. The van der Waals surface area contributed by atoms with E-state index in [1.54, 1.807) is 14.0 Å². The lowest BCUT2D eigenvalue weighted by Crippen LogP contribution is -2.05. The first-order valence-corrected chi connectivity index (χ1v) is 8.54. The average Bonchev–Trinajstić information content (AvgIpc) is 2.99. The van der Waals surface area contributed by atoms with Crippen molar-refractivity contribution in [2.45, 2.75) is 13.8 Å². The van der Waals surface area contributed by atoms with Crippen LogP contribution in [0.5, 0.6) is 5.75 Å². The number of esters is 1. The first-order valence-electron chi connectivity index (χ1n) is 8.54. The Morgan fingerprint density at radius 3 is 2.58 bits per heavy atom. The van der Waals surface area contributed by atoms with E-state index < -0.39 is 0 Å². The number of aryl methyl sites for hydroxylation is 1. The van der Waals surface area contributed by atoms with Gasteiger partial charge in [-0.25, -0.2) is 4.79 Å². The molecule has 0 fully saturated rings. The maximum Gasteiger partial charge on any atom is 0.339 e. The molecular weight excluding hydrogens is 328 g/mol. The van der Waals surface area contributed by atoms with Gasteiger partial charge in [-0.1, -0.05) is 12.1 Å². The largest absolute Gasteiger partial charge is 0.497 e. The Balaban J connectivity index is 2.24. The molecular formula is C21H20N2O3. The third kappa shape index (κ3) is 2.20. The van der Waals surface area contributed by atoms with Crippen molar-refractivity contribution in [3.63, 3.8) is 0 Å². The maximum atomic E-state index is 12.4.